The van der Waals surface area contributed by atoms with E-state index in [-0.39, 0.29) is 36.6 Å². The Bertz CT molecular complexity index is 767. The van der Waals surface area contributed by atoms with Gasteiger partial charge in [-0.3, -0.25) is 14.6 Å². The van der Waals surface area contributed by atoms with Gasteiger partial charge in [0.05, 0.1) is 11.9 Å². The van der Waals surface area contributed by atoms with Crippen LogP contribution in [0.3, 0.4) is 0 Å². The van der Waals surface area contributed by atoms with Crippen LogP contribution in [0, 0.1) is 0 Å². The molecule has 0 bridgehead atoms. The second kappa shape index (κ2) is 11.0. The van der Waals surface area contributed by atoms with E-state index < -0.39 is 5.60 Å². The van der Waals surface area contributed by atoms with E-state index in [0.717, 1.165) is 13.1 Å². The van der Waals surface area contributed by atoms with E-state index in [2.05, 4.69) is 20.9 Å². The first-order chi connectivity index (χ1) is 12.6. The van der Waals surface area contributed by atoms with Gasteiger partial charge in [-0.15, -0.1) is 24.8 Å². The molecule has 9 heteroatoms. The number of carbonyl (C=O) groups excluding carboxylic acids is 2. The summed E-state index contributed by atoms with van der Waals surface area (Å²) in [6, 6.07) is 10.3. The summed E-state index contributed by atoms with van der Waals surface area (Å²) in [5.41, 5.74) is 0.947. The molecule has 1 aliphatic rings. The number of ether oxygens (including phenoxy) is 1. The molecule has 1 aromatic carbocycles. The summed E-state index contributed by atoms with van der Waals surface area (Å²) in [7, 11) is 1.57. The number of nitrogens with zero attached hydrogens (tertiary/aromatic N) is 1. The summed E-state index contributed by atoms with van der Waals surface area (Å²) in [6.45, 7) is 1.49. The molecule has 1 aromatic heterocycles. The molecule has 28 heavy (non-hydrogen) atoms. The number of halogens is 2. The molecule has 2 amide bonds. The highest BCUT2D eigenvalue weighted by atomic mass is 35.5. The second-order valence-corrected chi connectivity index (χ2v) is 6.18. The molecular weight excluding hydrogens is 403 g/mol. The maximum absolute atomic E-state index is 12.6. The van der Waals surface area contributed by atoms with Gasteiger partial charge in [-0.2, -0.15) is 0 Å². The van der Waals surface area contributed by atoms with Gasteiger partial charge in [0.2, 0.25) is 0 Å². The van der Waals surface area contributed by atoms with Crippen LogP contribution in [0.25, 0.3) is 0 Å². The fourth-order valence-electron chi connectivity index (χ4n) is 2.94. The largest absolute Gasteiger partial charge is 0.368 e. The molecule has 3 N–H and O–H groups in total. The van der Waals surface area contributed by atoms with Gasteiger partial charge in [-0.05, 0) is 62.3 Å². The predicted molar refractivity (Wildman–Crippen MR) is 114 cm³/mol. The third-order valence-corrected chi connectivity index (χ3v) is 4.54. The van der Waals surface area contributed by atoms with Gasteiger partial charge < -0.3 is 20.7 Å². The van der Waals surface area contributed by atoms with Crippen molar-refractivity contribution >= 4 is 48.0 Å². The summed E-state index contributed by atoms with van der Waals surface area (Å²) in [5.74, 6) is -0.392. The molecular formula is C19H24Cl2N4O3. The normalized spacial score (nSPS) is 14.8. The topological polar surface area (TPSA) is 92.3 Å². The fraction of sp³-hybridized carbons (Fsp3) is 0.316. The zero-order valence-electron chi connectivity index (χ0n) is 15.4. The maximum Gasteiger partial charge on any atom is 0.256 e. The summed E-state index contributed by atoms with van der Waals surface area (Å²) in [6.07, 6.45) is 4.47. The van der Waals surface area contributed by atoms with Crippen LogP contribution in [0.4, 0.5) is 11.4 Å². The van der Waals surface area contributed by atoms with Crippen LogP contribution in [0.1, 0.15) is 23.2 Å². The van der Waals surface area contributed by atoms with Crippen LogP contribution in [0.2, 0.25) is 0 Å². The standard InChI is InChI=1S/C19H22N4O3.2ClH/c1-26-19(8-11-20-12-9-19)18(25)23-15-6-4-14(5-7-15)17(24)22-16-3-2-10-21-13-16;;/h2-7,10,13,20H,8-9,11-12H2,1H3,(H,22,24)(H,23,25);2*1H. The van der Waals surface area contributed by atoms with Gasteiger partial charge in [-0.1, -0.05) is 0 Å². The maximum atomic E-state index is 12.6. The molecule has 7 nitrogen and oxygen atoms in total. The quantitative estimate of drug-likeness (QED) is 0.683. The van der Waals surface area contributed by atoms with Crippen molar-refractivity contribution in [2.24, 2.45) is 0 Å². The Morgan fingerprint density at radius 1 is 1.04 bits per heavy atom. The number of aromatic nitrogens is 1. The molecule has 0 unspecified atom stereocenters. The van der Waals surface area contributed by atoms with E-state index in [9.17, 15) is 9.59 Å². The highest BCUT2D eigenvalue weighted by Crippen LogP contribution is 2.24. The van der Waals surface area contributed by atoms with Crippen molar-refractivity contribution in [3.63, 3.8) is 0 Å². The highest BCUT2D eigenvalue weighted by Gasteiger charge is 2.39. The summed E-state index contributed by atoms with van der Waals surface area (Å²) in [4.78, 5) is 28.8. The van der Waals surface area contributed by atoms with Crippen molar-refractivity contribution in [3.8, 4) is 0 Å². The summed E-state index contributed by atoms with van der Waals surface area (Å²) in [5, 5.41) is 8.88. The van der Waals surface area contributed by atoms with Crippen LogP contribution in [-0.4, -0.2) is 42.6 Å². The van der Waals surface area contributed by atoms with Gasteiger partial charge in [0.1, 0.15) is 5.60 Å². The van der Waals surface area contributed by atoms with Gasteiger partial charge >= 0.3 is 0 Å². The van der Waals surface area contributed by atoms with Crippen LogP contribution in [0.5, 0.6) is 0 Å². The number of rotatable bonds is 5. The summed E-state index contributed by atoms with van der Waals surface area (Å²) >= 11 is 0. The van der Waals surface area contributed by atoms with Crippen LogP contribution < -0.4 is 16.0 Å². The van der Waals surface area contributed by atoms with E-state index in [1.807, 2.05) is 0 Å². The van der Waals surface area contributed by atoms with Crippen molar-refractivity contribution in [2.45, 2.75) is 18.4 Å². The van der Waals surface area contributed by atoms with Gasteiger partial charge in [0.25, 0.3) is 11.8 Å². The van der Waals surface area contributed by atoms with Crippen molar-refractivity contribution in [1.82, 2.24) is 10.3 Å². The second-order valence-electron chi connectivity index (χ2n) is 6.18. The van der Waals surface area contributed by atoms with Crippen molar-refractivity contribution < 1.29 is 14.3 Å². The van der Waals surface area contributed by atoms with Crippen molar-refractivity contribution in [1.29, 1.82) is 0 Å². The smallest absolute Gasteiger partial charge is 0.256 e. The lowest BCUT2D eigenvalue weighted by atomic mass is 9.91. The SMILES string of the molecule is COC1(C(=O)Nc2ccc(C(=O)Nc3cccnc3)cc2)CCNCC1.Cl.Cl. The summed E-state index contributed by atoms with van der Waals surface area (Å²) < 4.78 is 5.52. The number of methoxy groups -OCH3 is 1. The first-order valence-electron chi connectivity index (χ1n) is 8.52. The number of carbonyl (C=O) groups is 2. The minimum absolute atomic E-state index is 0. The molecule has 0 atom stereocenters. The molecule has 1 aliphatic heterocycles. The lowest BCUT2D eigenvalue weighted by molar-refractivity contribution is -0.140. The number of piperidine rings is 1. The van der Waals surface area contributed by atoms with Gasteiger partial charge in [0.15, 0.2) is 0 Å². The van der Waals surface area contributed by atoms with Crippen molar-refractivity contribution in [2.75, 3.05) is 30.8 Å². The first-order valence-corrected chi connectivity index (χ1v) is 8.52. The van der Waals surface area contributed by atoms with Crippen molar-refractivity contribution in [3.05, 3.63) is 54.4 Å². The number of hydrogen-bond acceptors (Lipinski definition) is 5. The lowest BCUT2D eigenvalue weighted by Gasteiger charge is -2.34. The molecule has 0 radical (unpaired) electrons. The average Bonchev–Trinajstić information content (AvgIpc) is 2.69. The molecule has 152 valence electrons. The lowest BCUT2D eigenvalue weighted by Crippen LogP contribution is -2.51. The Kier molecular flexibility index (Phi) is 9.34. The number of pyridine rings is 1. The molecule has 0 aliphatic carbocycles. The van der Waals surface area contributed by atoms with Crippen LogP contribution in [-0.2, 0) is 9.53 Å². The van der Waals surface area contributed by atoms with Gasteiger partial charge in [-0.25, -0.2) is 0 Å². The molecule has 0 spiro atoms. The number of benzene rings is 1. The van der Waals surface area contributed by atoms with E-state index in [1.165, 1.54) is 0 Å². The third-order valence-electron chi connectivity index (χ3n) is 4.54. The third kappa shape index (κ3) is 5.65. The fourth-order valence-corrected chi connectivity index (χ4v) is 2.94. The van der Waals surface area contributed by atoms with E-state index in [1.54, 1.807) is 55.9 Å². The first kappa shape index (κ1) is 23.8. The Balaban J connectivity index is 0.00000196. The molecule has 0 saturated carbocycles. The van der Waals surface area contributed by atoms with E-state index in [4.69, 9.17) is 4.74 Å². The Morgan fingerprint density at radius 2 is 1.71 bits per heavy atom. The highest BCUT2D eigenvalue weighted by molar-refractivity contribution is 6.04. The molecule has 3 rings (SSSR count). The molecule has 1 fully saturated rings. The zero-order valence-corrected chi connectivity index (χ0v) is 17.1. The molecule has 2 aromatic rings. The number of hydrogen-bond donors (Lipinski definition) is 3. The van der Waals surface area contributed by atoms with E-state index >= 15 is 0 Å². The molecule has 2 heterocycles. The number of nitrogens with one attached hydrogen (secondary N) is 3. The number of amides is 2. The van der Waals surface area contributed by atoms with E-state index in [0.29, 0.717) is 29.8 Å². The average molecular weight is 427 g/mol. The Morgan fingerprint density at radius 3 is 2.29 bits per heavy atom. The minimum Gasteiger partial charge on any atom is -0.368 e. The Labute approximate surface area is 176 Å². The van der Waals surface area contributed by atoms with Crippen LogP contribution >= 0.6 is 24.8 Å². The monoisotopic (exact) mass is 426 g/mol. The van der Waals surface area contributed by atoms with Crippen LogP contribution in [0.15, 0.2) is 48.8 Å². The minimum atomic E-state index is -0.804. The Hall–Kier alpha value is -2.19. The predicted octanol–water partition coefficient (Wildman–Crippen LogP) is 2.88. The number of anilines is 2. The zero-order chi connectivity index (χ0) is 18.4. The molecule has 1 saturated heterocycles. The van der Waals surface area contributed by atoms with Gasteiger partial charge in [0, 0.05) is 24.6 Å².